The highest BCUT2D eigenvalue weighted by Crippen LogP contribution is 2.24. The predicted octanol–water partition coefficient (Wildman–Crippen LogP) is 4.10. The smallest absolute Gasteiger partial charge is 0.190 e. The molecule has 29 heavy (non-hydrogen) atoms. The Morgan fingerprint density at radius 2 is 1.79 bits per heavy atom. The minimum Gasteiger partial charge on any atom is -0.497 e. The third kappa shape index (κ3) is 4.78. The van der Waals surface area contributed by atoms with Gasteiger partial charge < -0.3 is 14.0 Å². The Bertz CT molecular complexity index is 1000. The zero-order valence-corrected chi connectivity index (χ0v) is 17.8. The number of ether oxygens (including phenoxy) is 2. The molecule has 1 aliphatic rings. The van der Waals surface area contributed by atoms with Gasteiger partial charge in [0.2, 0.25) is 0 Å². The summed E-state index contributed by atoms with van der Waals surface area (Å²) in [7, 11) is 1.70. The molecule has 6 heteroatoms. The van der Waals surface area contributed by atoms with E-state index in [4.69, 9.17) is 14.5 Å². The molecule has 4 rings (SSSR count). The summed E-state index contributed by atoms with van der Waals surface area (Å²) >= 11 is 1.69. The summed E-state index contributed by atoms with van der Waals surface area (Å²) in [6.45, 7) is 7.62. The van der Waals surface area contributed by atoms with E-state index in [0.717, 1.165) is 55.6 Å². The van der Waals surface area contributed by atoms with Crippen LogP contribution in [0.15, 0.2) is 58.9 Å². The van der Waals surface area contributed by atoms with Gasteiger partial charge in [0, 0.05) is 31.6 Å². The van der Waals surface area contributed by atoms with Crippen molar-refractivity contribution in [1.82, 2.24) is 9.47 Å². The quantitative estimate of drug-likeness (QED) is 0.615. The van der Waals surface area contributed by atoms with Crippen LogP contribution >= 0.6 is 11.3 Å². The molecule has 0 saturated carbocycles. The third-order valence-electron chi connectivity index (χ3n) is 5.26. The van der Waals surface area contributed by atoms with Crippen molar-refractivity contribution in [1.29, 1.82) is 0 Å². The molecule has 2 heterocycles. The van der Waals surface area contributed by atoms with Gasteiger partial charge in [0.1, 0.15) is 5.75 Å². The molecule has 1 saturated heterocycles. The van der Waals surface area contributed by atoms with Crippen LogP contribution < -0.4 is 9.54 Å². The van der Waals surface area contributed by atoms with Gasteiger partial charge in [0.05, 0.1) is 31.7 Å². The van der Waals surface area contributed by atoms with Crippen molar-refractivity contribution >= 4 is 17.0 Å². The number of aromatic nitrogens is 1. The van der Waals surface area contributed by atoms with Gasteiger partial charge >= 0.3 is 0 Å². The largest absolute Gasteiger partial charge is 0.497 e. The van der Waals surface area contributed by atoms with E-state index < -0.39 is 0 Å². The molecule has 0 aliphatic carbocycles. The van der Waals surface area contributed by atoms with E-state index >= 15 is 0 Å². The van der Waals surface area contributed by atoms with Crippen molar-refractivity contribution in [3.8, 4) is 17.0 Å². The van der Waals surface area contributed by atoms with Crippen molar-refractivity contribution < 1.29 is 9.47 Å². The Labute approximate surface area is 175 Å². The van der Waals surface area contributed by atoms with Crippen molar-refractivity contribution in [2.45, 2.75) is 13.5 Å². The molecule has 2 aromatic carbocycles. The molecular weight excluding hydrogens is 382 g/mol. The zero-order chi connectivity index (χ0) is 20.1. The van der Waals surface area contributed by atoms with E-state index in [2.05, 4.69) is 52.1 Å². The van der Waals surface area contributed by atoms with Gasteiger partial charge in [0.25, 0.3) is 0 Å². The second-order valence-corrected chi connectivity index (χ2v) is 7.97. The highest BCUT2D eigenvalue weighted by molar-refractivity contribution is 7.07. The first-order valence-corrected chi connectivity index (χ1v) is 10.9. The maximum atomic E-state index is 5.49. The van der Waals surface area contributed by atoms with Crippen LogP contribution in [0.4, 0.5) is 5.69 Å². The van der Waals surface area contributed by atoms with Crippen molar-refractivity contribution in [3.05, 3.63) is 64.3 Å². The van der Waals surface area contributed by atoms with Gasteiger partial charge in [-0.1, -0.05) is 18.2 Å². The number of methoxy groups -OCH3 is 1. The van der Waals surface area contributed by atoms with Gasteiger partial charge in [-0.15, -0.1) is 11.3 Å². The highest BCUT2D eigenvalue weighted by atomic mass is 32.1. The van der Waals surface area contributed by atoms with Gasteiger partial charge in [-0.25, -0.2) is 4.99 Å². The number of hydrogen-bond acceptors (Lipinski definition) is 5. The minimum atomic E-state index is 0.820. The normalized spacial score (nSPS) is 15.6. The SMILES string of the molecule is COc1ccc(-c2csc(=Nc3ccccc3C)n2CCN2CCOCC2)cc1. The van der Waals surface area contributed by atoms with Crippen LogP contribution in [0.25, 0.3) is 11.3 Å². The predicted molar refractivity (Wildman–Crippen MR) is 118 cm³/mol. The molecule has 152 valence electrons. The molecule has 0 spiro atoms. The molecule has 0 radical (unpaired) electrons. The summed E-state index contributed by atoms with van der Waals surface area (Å²) in [5, 5.41) is 2.21. The fourth-order valence-electron chi connectivity index (χ4n) is 3.49. The number of aryl methyl sites for hydroxylation is 1. The Kier molecular flexibility index (Phi) is 6.44. The third-order valence-corrected chi connectivity index (χ3v) is 6.12. The molecular formula is C23H27N3O2S. The lowest BCUT2D eigenvalue weighted by Gasteiger charge is -2.26. The molecule has 5 nitrogen and oxygen atoms in total. The summed E-state index contributed by atoms with van der Waals surface area (Å²) in [6.07, 6.45) is 0. The minimum absolute atomic E-state index is 0.820. The number of morpholine rings is 1. The Hall–Kier alpha value is -2.41. The van der Waals surface area contributed by atoms with E-state index in [1.165, 1.54) is 16.8 Å². The van der Waals surface area contributed by atoms with Gasteiger partial charge in [-0.05, 0) is 48.4 Å². The van der Waals surface area contributed by atoms with E-state index in [-0.39, 0.29) is 0 Å². The molecule has 0 amide bonds. The molecule has 3 aromatic rings. The first-order chi connectivity index (χ1) is 14.2. The van der Waals surface area contributed by atoms with Crippen LogP contribution in [-0.2, 0) is 11.3 Å². The molecule has 1 aliphatic heterocycles. The fourth-order valence-corrected chi connectivity index (χ4v) is 4.43. The van der Waals surface area contributed by atoms with E-state index in [1.54, 1.807) is 18.4 Å². The second-order valence-electron chi connectivity index (χ2n) is 7.14. The summed E-state index contributed by atoms with van der Waals surface area (Å²) in [5.74, 6) is 0.869. The molecule has 0 bridgehead atoms. The molecule has 0 N–H and O–H groups in total. The van der Waals surface area contributed by atoms with Crippen molar-refractivity contribution in [3.63, 3.8) is 0 Å². The number of nitrogens with zero attached hydrogens (tertiary/aromatic N) is 3. The van der Waals surface area contributed by atoms with E-state index in [1.807, 2.05) is 18.2 Å². The number of para-hydroxylation sites is 1. The Balaban J connectivity index is 1.70. The monoisotopic (exact) mass is 409 g/mol. The number of hydrogen-bond donors (Lipinski definition) is 0. The Morgan fingerprint density at radius 1 is 1.03 bits per heavy atom. The van der Waals surface area contributed by atoms with Gasteiger partial charge in [-0.2, -0.15) is 0 Å². The van der Waals surface area contributed by atoms with Crippen molar-refractivity contribution in [2.75, 3.05) is 40.0 Å². The molecule has 0 unspecified atom stereocenters. The lowest BCUT2D eigenvalue weighted by atomic mass is 10.1. The average molecular weight is 410 g/mol. The maximum Gasteiger partial charge on any atom is 0.190 e. The highest BCUT2D eigenvalue weighted by Gasteiger charge is 2.13. The summed E-state index contributed by atoms with van der Waals surface area (Å²) < 4.78 is 13.2. The van der Waals surface area contributed by atoms with Crippen LogP contribution in [-0.4, -0.2) is 49.4 Å². The lowest BCUT2D eigenvalue weighted by molar-refractivity contribution is 0.0363. The lowest BCUT2D eigenvalue weighted by Crippen LogP contribution is -2.39. The summed E-state index contributed by atoms with van der Waals surface area (Å²) in [6, 6.07) is 16.5. The number of rotatable bonds is 6. The van der Waals surface area contributed by atoms with Crippen LogP contribution in [0.2, 0.25) is 0 Å². The second kappa shape index (κ2) is 9.39. The summed E-state index contributed by atoms with van der Waals surface area (Å²) in [5.41, 5.74) is 4.58. The fraction of sp³-hybridized carbons (Fsp3) is 0.348. The van der Waals surface area contributed by atoms with Crippen LogP contribution in [0, 0.1) is 6.92 Å². The van der Waals surface area contributed by atoms with Gasteiger partial charge in [-0.3, -0.25) is 4.90 Å². The number of thiazole rings is 1. The first kappa shape index (κ1) is 19.9. The maximum absolute atomic E-state index is 5.49. The number of benzene rings is 2. The van der Waals surface area contributed by atoms with Crippen LogP contribution in [0.3, 0.4) is 0 Å². The first-order valence-electron chi connectivity index (χ1n) is 9.98. The van der Waals surface area contributed by atoms with E-state index in [0.29, 0.717) is 0 Å². The topological polar surface area (TPSA) is 39.0 Å². The van der Waals surface area contributed by atoms with Crippen LogP contribution in [0.5, 0.6) is 5.75 Å². The molecule has 1 fully saturated rings. The zero-order valence-electron chi connectivity index (χ0n) is 17.0. The van der Waals surface area contributed by atoms with Crippen molar-refractivity contribution in [2.24, 2.45) is 4.99 Å². The summed E-state index contributed by atoms with van der Waals surface area (Å²) in [4.78, 5) is 8.49. The van der Waals surface area contributed by atoms with Crippen LogP contribution in [0.1, 0.15) is 5.56 Å². The van der Waals surface area contributed by atoms with E-state index in [9.17, 15) is 0 Å². The molecule has 1 aromatic heterocycles. The molecule has 0 atom stereocenters. The Morgan fingerprint density at radius 3 is 2.52 bits per heavy atom. The van der Waals surface area contributed by atoms with Gasteiger partial charge in [0.15, 0.2) is 4.80 Å². The average Bonchev–Trinajstić information content (AvgIpc) is 3.17. The standard InChI is InChI=1S/C23H27N3O2S/c1-18-5-3-4-6-21(18)24-23-26(12-11-25-13-15-28-16-14-25)22(17-29-23)19-7-9-20(27-2)10-8-19/h3-10,17H,11-16H2,1-2H3.